The van der Waals surface area contributed by atoms with Gasteiger partial charge in [-0.3, -0.25) is 0 Å². The van der Waals surface area contributed by atoms with Gasteiger partial charge in [0.2, 0.25) is 5.82 Å². The van der Waals surface area contributed by atoms with Crippen molar-refractivity contribution in [1.29, 1.82) is 0 Å². The van der Waals surface area contributed by atoms with Crippen molar-refractivity contribution >= 4 is 10.9 Å². The summed E-state index contributed by atoms with van der Waals surface area (Å²) in [6.45, 7) is 1.41. The van der Waals surface area contributed by atoms with Crippen LogP contribution in [0.4, 0.5) is 0 Å². The summed E-state index contributed by atoms with van der Waals surface area (Å²) in [5, 5.41) is 14.3. The molecule has 0 aliphatic carbocycles. The number of hydrogen-bond donors (Lipinski definition) is 0. The van der Waals surface area contributed by atoms with E-state index in [1.807, 2.05) is 30.3 Å². The molecule has 5 heteroatoms. The lowest BCUT2D eigenvalue weighted by molar-refractivity contribution is 0.573. The Kier molecular flexibility index (Phi) is 4.18. The minimum atomic E-state index is 0.608. The Morgan fingerprint density at radius 2 is 1.32 bits per heavy atom. The van der Waals surface area contributed by atoms with Crippen molar-refractivity contribution in [3.63, 3.8) is 0 Å². The van der Waals surface area contributed by atoms with Gasteiger partial charge in [-0.2, -0.15) is 4.80 Å². The quantitative estimate of drug-likeness (QED) is 0.464. The average molecular weight is 365 g/mol. The molecule has 0 atom stereocenters. The first-order valence-corrected chi connectivity index (χ1v) is 9.31. The van der Waals surface area contributed by atoms with Crippen LogP contribution >= 0.6 is 0 Å². The minimum absolute atomic E-state index is 0.608. The van der Waals surface area contributed by atoms with Gasteiger partial charge in [0.05, 0.1) is 6.54 Å². The average Bonchev–Trinajstić information content (AvgIpc) is 3.35. The van der Waals surface area contributed by atoms with E-state index in [4.69, 9.17) is 0 Å². The fourth-order valence-electron chi connectivity index (χ4n) is 3.50. The Labute approximate surface area is 162 Å². The van der Waals surface area contributed by atoms with Crippen molar-refractivity contribution in [3.05, 3.63) is 102 Å². The zero-order valence-electron chi connectivity index (χ0n) is 15.3. The summed E-state index contributed by atoms with van der Waals surface area (Å²) in [7, 11) is 0. The van der Waals surface area contributed by atoms with E-state index in [1.165, 1.54) is 11.1 Å². The Morgan fingerprint density at radius 3 is 2.07 bits per heavy atom. The standard InChI is InChI=1S/C23H19N5/c1-3-9-18(10-4-1)15-27-17-21(20-13-7-8-14-22(20)27)23-24-26-28(25-23)16-19-11-5-2-6-12-19/h1-14,17H,15-16H2. The number of fused-ring (bicyclic) bond motifs is 1. The van der Waals surface area contributed by atoms with Gasteiger partial charge in [-0.25, -0.2) is 0 Å². The molecular weight excluding hydrogens is 346 g/mol. The van der Waals surface area contributed by atoms with Crippen molar-refractivity contribution in [3.8, 4) is 11.4 Å². The van der Waals surface area contributed by atoms with E-state index >= 15 is 0 Å². The molecule has 136 valence electrons. The molecule has 5 nitrogen and oxygen atoms in total. The lowest BCUT2D eigenvalue weighted by Gasteiger charge is -2.05. The van der Waals surface area contributed by atoms with Gasteiger partial charge in [-0.1, -0.05) is 78.9 Å². The first-order valence-electron chi connectivity index (χ1n) is 9.31. The largest absolute Gasteiger partial charge is 0.342 e. The van der Waals surface area contributed by atoms with E-state index in [9.17, 15) is 0 Å². The summed E-state index contributed by atoms with van der Waals surface area (Å²) >= 11 is 0. The van der Waals surface area contributed by atoms with E-state index < -0.39 is 0 Å². The number of nitrogens with zero attached hydrogens (tertiary/aromatic N) is 5. The number of hydrogen-bond acceptors (Lipinski definition) is 3. The molecule has 5 rings (SSSR count). The van der Waals surface area contributed by atoms with Crippen molar-refractivity contribution in [2.24, 2.45) is 0 Å². The van der Waals surface area contributed by atoms with Gasteiger partial charge < -0.3 is 4.57 Å². The van der Waals surface area contributed by atoms with Gasteiger partial charge in [0.15, 0.2) is 0 Å². The van der Waals surface area contributed by atoms with Crippen LogP contribution < -0.4 is 0 Å². The molecule has 0 saturated carbocycles. The lowest BCUT2D eigenvalue weighted by Crippen LogP contribution is -2.03. The number of rotatable bonds is 5. The predicted octanol–water partition coefficient (Wildman–Crippen LogP) is 4.39. The monoisotopic (exact) mass is 365 g/mol. The number of benzene rings is 3. The summed E-state index contributed by atoms with van der Waals surface area (Å²) in [5.74, 6) is 0.652. The van der Waals surface area contributed by atoms with E-state index in [1.54, 1.807) is 4.80 Å². The molecule has 0 N–H and O–H groups in total. The highest BCUT2D eigenvalue weighted by Crippen LogP contribution is 2.28. The lowest BCUT2D eigenvalue weighted by atomic mass is 10.2. The van der Waals surface area contributed by atoms with Gasteiger partial charge in [0.25, 0.3) is 0 Å². The van der Waals surface area contributed by atoms with Crippen LogP contribution in [0.5, 0.6) is 0 Å². The second kappa shape index (κ2) is 7.12. The van der Waals surface area contributed by atoms with Gasteiger partial charge in [-0.15, -0.1) is 10.2 Å². The topological polar surface area (TPSA) is 48.5 Å². The van der Waals surface area contributed by atoms with Gasteiger partial charge in [0.1, 0.15) is 0 Å². The molecule has 3 aromatic carbocycles. The molecular formula is C23H19N5. The maximum Gasteiger partial charge on any atom is 0.207 e. The molecule has 0 unspecified atom stereocenters. The van der Waals surface area contributed by atoms with Crippen LogP contribution in [0, 0.1) is 0 Å². The van der Waals surface area contributed by atoms with Crippen LogP contribution in [-0.4, -0.2) is 24.8 Å². The third-order valence-corrected chi connectivity index (χ3v) is 4.84. The predicted molar refractivity (Wildman–Crippen MR) is 110 cm³/mol. The molecule has 0 bridgehead atoms. The first kappa shape index (κ1) is 16.4. The maximum absolute atomic E-state index is 4.63. The molecule has 0 radical (unpaired) electrons. The summed E-state index contributed by atoms with van der Waals surface area (Å²) in [5.41, 5.74) is 4.58. The summed E-state index contributed by atoms with van der Waals surface area (Å²) in [6, 6.07) is 29.0. The highest BCUT2D eigenvalue weighted by atomic mass is 15.6. The fourth-order valence-corrected chi connectivity index (χ4v) is 3.50. The summed E-state index contributed by atoms with van der Waals surface area (Å²) in [4.78, 5) is 1.65. The fraction of sp³-hybridized carbons (Fsp3) is 0.0870. The summed E-state index contributed by atoms with van der Waals surface area (Å²) < 4.78 is 2.25. The first-order chi connectivity index (χ1) is 13.9. The van der Waals surface area contributed by atoms with Gasteiger partial charge in [-0.05, 0) is 22.4 Å². The molecule has 0 amide bonds. The van der Waals surface area contributed by atoms with Crippen LogP contribution in [0.15, 0.2) is 91.1 Å². The third kappa shape index (κ3) is 3.18. The summed E-state index contributed by atoms with van der Waals surface area (Å²) in [6.07, 6.45) is 2.13. The normalized spacial score (nSPS) is 11.1. The SMILES string of the molecule is c1ccc(Cn2nnc(-c3cn(Cc4ccccc4)c4ccccc34)n2)cc1. The van der Waals surface area contributed by atoms with E-state index in [-0.39, 0.29) is 0 Å². The smallest absolute Gasteiger partial charge is 0.207 e. The van der Waals surface area contributed by atoms with E-state index in [0.29, 0.717) is 12.4 Å². The Balaban J connectivity index is 1.51. The van der Waals surface area contributed by atoms with Crippen LogP contribution in [0.2, 0.25) is 0 Å². The third-order valence-electron chi connectivity index (χ3n) is 4.84. The van der Waals surface area contributed by atoms with Crippen molar-refractivity contribution < 1.29 is 0 Å². The van der Waals surface area contributed by atoms with Crippen LogP contribution in [0.25, 0.3) is 22.3 Å². The van der Waals surface area contributed by atoms with Crippen molar-refractivity contribution in [2.45, 2.75) is 13.1 Å². The van der Waals surface area contributed by atoms with Gasteiger partial charge >= 0.3 is 0 Å². The van der Waals surface area contributed by atoms with E-state index in [0.717, 1.165) is 23.1 Å². The molecule has 2 aromatic heterocycles. The molecule has 0 aliphatic heterocycles. The highest BCUT2D eigenvalue weighted by molar-refractivity contribution is 5.94. The Bertz CT molecular complexity index is 1210. The van der Waals surface area contributed by atoms with Gasteiger partial charge in [0, 0.05) is 29.2 Å². The van der Waals surface area contributed by atoms with Crippen molar-refractivity contribution in [2.75, 3.05) is 0 Å². The molecule has 5 aromatic rings. The number of aromatic nitrogens is 5. The molecule has 28 heavy (non-hydrogen) atoms. The zero-order chi connectivity index (χ0) is 18.8. The highest BCUT2D eigenvalue weighted by Gasteiger charge is 2.14. The molecule has 0 fully saturated rings. The molecule has 0 spiro atoms. The number of para-hydroxylation sites is 1. The van der Waals surface area contributed by atoms with Crippen LogP contribution in [-0.2, 0) is 13.1 Å². The molecule has 0 saturated heterocycles. The molecule has 0 aliphatic rings. The second-order valence-electron chi connectivity index (χ2n) is 6.80. The van der Waals surface area contributed by atoms with E-state index in [2.05, 4.69) is 80.8 Å². The number of tetrazole rings is 1. The van der Waals surface area contributed by atoms with Crippen molar-refractivity contribution in [1.82, 2.24) is 24.8 Å². The maximum atomic E-state index is 4.63. The zero-order valence-corrected chi connectivity index (χ0v) is 15.3. The van der Waals surface area contributed by atoms with Crippen LogP contribution in [0.1, 0.15) is 11.1 Å². The van der Waals surface area contributed by atoms with Crippen LogP contribution in [0.3, 0.4) is 0 Å². The molecule has 2 heterocycles. The Hall–Kier alpha value is -3.73. The minimum Gasteiger partial charge on any atom is -0.342 e. The Morgan fingerprint density at radius 1 is 0.679 bits per heavy atom. The second-order valence-corrected chi connectivity index (χ2v) is 6.80.